The molecule has 1 atom stereocenters. The summed E-state index contributed by atoms with van der Waals surface area (Å²) in [7, 11) is 1.32. The smallest absolute Gasteiger partial charge is 0.379 e. The van der Waals surface area contributed by atoms with E-state index in [9.17, 15) is 23.1 Å². The molecule has 1 rings (SSSR count). The van der Waals surface area contributed by atoms with Gasteiger partial charge in [-0.3, -0.25) is 4.79 Å². The second-order valence-electron chi connectivity index (χ2n) is 5.52. The first-order chi connectivity index (χ1) is 10.6. The SMILES string of the molecule is CC(C)OCCCNC(=O)CC(O)(c1nccn1C)C(F)(F)F. The van der Waals surface area contributed by atoms with E-state index in [1.54, 1.807) is 0 Å². The number of hydrogen-bond donors (Lipinski definition) is 2. The summed E-state index contributed by atoms with van der Waals surface area (Å²) in [5.74, 6) is -1.53. The van der Waals surface area contributed by atoms with E-state index in [0.29, 0.717) is 13.0 Å². The highest BCUT2D eigenvalue weighted by molar-refractivity contribution is 5.77. The Kier molecular flexibility index (Phi) is 6.57. The first-order valence-electron chi connectivity index (χ1n) is 7.23. The minimum absolute atomic E-state index is 0.0458. The molecule has 2 N–H and O–H groups in total. The quantitative estimate of drug-likeness (QED) is 0.705. The Labute approximate surface area is 132 Å². The van der Waals surface area contributed by atoms with Crippen LogP contribution in [0.25, 0.3) is 0 Å². The molecule has 0 bridgehead atoms. The Hall–Kier alpha value is -1.61. The van der Waals surface area contributed by atoms with Crippen LogP contribution in [-0.4, -0.2) is 46.0 Å². The molecule has 0 radical (unpaired) electrons. The number of alkyl halides is 3. The average Bonchev–Trinajstić information content (AvgIpc) is 2.83. The second-order valence-corrected chi connectivity index (χ2v) is 5.52. The molecular formula is C14H22F3N3O3. The molecular weight excluding hydrogens is 315 g/mol. The van der Waals surface area contributed by atoms with Crippen LogP contribution in [0.2, 0.25) is 0 Å². The maximum atomic E-state index is 13.2. The van der Waals surface area contributed by atoms with Crippen molar-refractivity contribution in [3.63, 3.8) is 0 Å². The molecule has 6 nitrogen and oxygen atoms in total. The van der Waals surface area contributed by atoms with Gasteiger partial charge in [0.25, 0.3) is 0 Å². The van der Waals surface area contributed by atoms with Crippen molar-refractivity contribution < 1.29 is 27.8 Å². The van der Waals surface area contributed by atoms with Gasteiger partial charge in [0.15, 0.2) is 5.82 Å². The summed E-state index contributed by atoms with van der Waals surface area (Å²) in [6.07, 6.45) is -3.25. The van der Waals surface area contributed by atoms with Gasteiger partial charge in [0.05, 0.1) is 12.5 Å². The maximum absolute atomic E-state index is 13.2. The molecule has 0 aliphatic heterocycles. The van der Waals surface area contributed by atoms with Crippen molar-refractivity contribution in [1.82, 2.24) is 14.9 Å². The van der Waals surface area contributed by atoms with E-state index < -0.39 is 29.9 Å². The summed E-state index contributed by atoms with van der Waals surface area (Å²) in [6, 6.07) is 0. The molecule has 1 amide bonds. The third-order valence-electron chi connectivity index (χ3n) is 3.17. The van der Waals surface area contributed by atoms with E-state index in [1.165, 1.54) is 13.2 Å². The summed E-state index contributed by atoms with van der Waals surface area (Å²) in [5, 5.41) is 12.4. The molecule has 0 saturated heterocycles. The molecule has 0 saturated carbocycles. The van der Waals surface area contributed by atoms with E-state index in [-0.39, 0.29) is 12.6 Å². The zero-order valence-corrected chi connectivity index (χ0v) is 13.4. The molecule has 23 heavy (non-hydrogen) atoms. The number of carbonyl (C=O) groups is 1. The van der Waals surface area contributed by atoms with E-state index in [1.807, 2.05) is 13.8 Å². The lowest BCUT2D eigenvalue weighted by Gasteiger charge is -2.29. The number of aliphatic hydroxyl groups is 1. The van der Waals surface area contributed by atoms with Crippen LogP contribution in [-0.2, 0) is 22.2 Å². The topological polar surface area (TPSA) is 76.4 Å². The molecule has 1 aromatic rings. The zero-order valence-electron chi connectivity index (χ0n) is 13.4. The van der Waals surface area contributed by atoms with Crippen molar-refractivity contribution >= 4 is 5.91 Å². The highest BCUT2D eigenvalue weighted by atomic mass is 19.4. The highest BCUT2D eigenvalue weighted by Gasteiger charge is 2.58. The van der Waals surface area contributed by atoms with Crippen molar-refractivity contribution in [3.05, 3.63) is 18.2 Å². The van der Waals surface area contributed by atoms with Gasteiger partial charge in [0, 0.05) is 32.6 Å². The van der Waals surface area contributed by atoms with E-state index >= 15 is 0 Å². The summed E-state index contributed by atoms with van der Waals surface area (Å²) in [4.78, 5) is 15.3. The number of aromatic nitrogens is 2. The summed E-state index contributed by atoms with van der Waals surface area (Å²) in [6.45, 7) is 4.27. The highest BCUT2D eigenvalue weighted by Crippen LogP contribution is 2.40. The average molecular weight is 337 g/mol. The first-order valence-corrected chi connectivity index (χ1v) is 7.23. The number of carbonyl (C=O) groups excluding carboxylic acids is 1. The van der Waals surface area contributed by atoms with E-state index in [0.717, 1.165) is 10.8 Å². The number of aryl methyl sites for hydroxylation is 1. The number of nitrogens with one attached hydrogen (secondary N) is 1. The minimum Gasteiger partial charge on any atom is -0.379 e. The monoisotopic (exact) mass is 337 g/mol. The van der Waals surface area contributed by atoms with Gasteiger partial charge < -0.3 is 19.7 Å². The first kappa shape index (κ1) is 19.4. The van der Waals surface area contributed by atoms with Crippen molar-refractivity contribution in [1.29, 1.82) is 0 Å². The Morgan fingerprint density at radius 1 is 1.48 bits per heavy atom. The molecule has 1 unspecified atom stereocenters. The Bertz CT molecular complexity index is 517. The van der Waals surface area contributed by atoms with Crippen LogP contribution in [0, 0.1) is 0 Å². The van der Waals surface area contributed by atoms with Crippen LogP contribution < -0.4 is 5.32 Å². The number of imidazole rings is 1. The molecule has 1 heterocycles. The Morgan fingerprint density at radius 3 is 2.61 bits per heavy atom. The summed E-state index contributed by atoms with van der Waals surface area (Å²) in [5.41, 5.74) is -3.33. The van der Waals surface area contributed by atoms with Gasteiger partial charge in [-0.15, -0.1) is 0 Å². The minimum atomic E-state index is -5.02. The van der Waals surface area contributed by atoms with Crippen LogP contribution in [0.4, 0.5) is 13.2 Å². The van der Waals surface area contributed by atoms with Gasteiger partial charge in [0.1, 0.15) is 0 Å². The third kappa shape index (κ3) is 5.21. The van der Waals surface area contributed by atoms with Crippen LogP contribution in [0.1, 0.15) is 32.5 Å². The van der Waals surface area contributed by atoms with Crippen LogP contribution in [0.5, 0.6) is 0 Å². The predicted octanol–water partition coefficient (Wildman–Crippen LogP) is 1.49. The molecule has 0 spiro atoms. The van der Waals surface area contributed by atoms with Gasteiger partial charge in [-0.2, -0.15) is 13.2 Å². The molecule has 1 aromatic heterocycles. The number of halogens is 3. The third-order valence-corrected chi connectivity index (χ3v) is 3.17. The predicted molar refractivity (Wildman–Crippen MR) is 76.5 cm³/mol. The van der Waals surface area contributed by atoms with Crippen molar-refractivity contribution in [3.8, 4) is 0 Å². The lowest BCUT2D eigenvalue weighted by molar-refractivity contribution is -0.271. The Balaban J connectivity index is 2.66. The number of nitrogens with zero attached hydrogens (tertiary/aromatic N) is 2. The number of hydrogen-bond acceptors (Lipinski definition) is 4. The van der Waals surface area contributed by atoms with Gasteiger partial charge in [-0.05, 0) is 20.3 Å². The van der Waals surface area contributed by atoms with Gasteiger partial charge in [-0.1, -0.05) is 0 Å². The lowest BCUT2D eigenvalue weighted by Crippen LogP contribution is -2.48. The fraction of sp³-hybridized carbons (Fsp3) is 0.714. The van der Waals surface area contributed by atoms with Crippen LogP contribution >= 0.6 is 0 Å². The largest absolute Gasteiger partial charge is 0.425 e. The normalized spacial score (nSPS) is 14.8. The van der Waals surface area contributed by atoms with E-state index in [2.05, 4.69) is 10.3 Å². The maximum Gasteiger partial charge on any atom is 0.425 e. The molecule has 0 aliphatic rings. The fourth-order valence-electron chi connectivity index (χ4n) is 1.98. The Morgan fingerprint density at radius 2 is 2.13 bits per heavy atom. The van der Waals surface area contributed by atoms with Crippen molar-refractivity contribution in [2.45, 2.75) is 44.6 Å². The molecule has 0 fully saturated rings. The lowest BCUT2D eigenvalue weighted by atomic mass is 9.97. The van der Waals surface area contributed by atoms with Gasteiger partial charge in [-0.25, -0.2) is 4.98 Å². The standard InChI is InChI=1S/C14H22F3N3O3/c1-10(2)23-8-4-5-18-11(21)9-13(22,14(15,16)17)12-19-6-7-20(12)3/h6-7,10,22H,4-5,8-9H2,1-3H3,(H,18,21). The van der Waals surface area contributed by atoms with Crippen molar-refractivity contribution in [2.24, 2.45) is 7.05 Å². The summed E-state index contributed by atoms with van der Waals surface area (Å²) < 4.78 is 46.0. The van der Waals surface area contributed by atoms with Crippen LogP contribution in [0.15, 0.2) is 12.4 Å². The fourth-order valence-corrected chi connectivity index (χ4v) is 1.98. The van der Waals surface area contributed by atoms with Gasteiger partial charge in [0.2, 0.25) is 11.5 Å². The summed E-state index contributed by atoms with van der Waals surface area (Å²) >= 11 is 0. The van der Waals surface area contributed by atoms with E-state index in [4.69, 9.17) is 4.74 Å². The van der Waals surface area contributed by atoms with Crippen molar-refractivity contribution in [2.75, 3.05) is 13.2 Å². The molecule has 0 aromatic carbocycles. The van der Waals surface area contributed by atoms with Gasteiger partial charge >= 0.3 is 6.18 Å². The molecule has 9 heteroatoms. The number of ether oxygens (including phenoxy) is 1. The number of rotatable bonds is 8. The van der Waals surface area contributed by atoms with Crippen LogP contribution in [0.3, 0.4) is 0 Å². The molecule has 0 aliphatic carbocycles. The second kappa shape index (κ2) is 7.78. The number of amides is 1. The molecule has 132 valence electrons. The zero-order chi connectivity index (χ0) is 17.7.